The van der Waals surface area contributed by atoms with Gasteiger partial charge in [-0.3, -0.25) is 19.7 Å². The minimum absolute atomic E-state index is 0.0505. The van der Waals surface area contributed by atoms with Gasteiger partial charge in [-0.05, 0) is 37.5 Å². The van der Waals surface area contributed by atoms with E-state index in [4.69, 9.17) is 9.84 Å². The van der Waals surface area contributed by atoms with Gasteiger partial charge in [0, 0.05) is 25.1 Å². The fourth-order valence-corrected chi connectivity index (χ4v) is 3.84. The van der Waals surface area contributed by atoms with E-state index in [2.05, 4.69) is 17.2 Å². The van der Waals surface area contributed by atoms with Crippen LogP contribution in [0.5, 0.6) is 5.75 Å². The molecule has 0 atom stereocenters. The van der Waals surface area contributed by atoms with E-state index in [1.165, 1.54) is 4.90 Å². The molecule has 0 aliphatic carbocycles. The highest BCUT2D eigenvalue weighted by molar-refractivity contribution is 6.05. The van der Waals surface area contributed by atoms with Gasteiger partial charge in [-0.2, -0.15) is 0 Å². The fraction of sp³-hybridized carbons (Fsp3) is 0.565. The second-order valence-electron chi connectivity index (χ2n) is 8.21. The van der Waals surface area contributed by atoms with Crippen LogP contribution in [0, 0.1) is 0 Å². The van der Waals surface area contributed by atoms with Gasteiger partial charge < -0.3 is 19.6 Å². The topological polar surface area (TPSA) is 112 Å². The van der Waals surface area contributed by atoms with Crippen LogP contribution < -0.4 is 10.1 Å². The van der Waals surface area contributed by atoms with Crippen molar-refractivity contribution in [1.29, 1.82) is 0 Å². The molecule has 9 heteroatoms. The van der Waals surface area contributed by atoms with Crippen molar-refractivity contribution in [3.63, 3.8) is 0 Å². The third kappa shape index (κ3) is 6.70. The maximum Gasteiger partial charge on any atom is 0.323 e. The Morgan fingerprint density at radius 3 is 2.81 bits per heavy atom. The highest BCUT2D eigenvalue weighted by atomic mass is 16.5. The molecule has 0 radical (unpaired) electrons. The number of rotatable bonds is 13. The first-order valence-electron chi connectivity index (χ1n) is 11.3. The lowest BCUT2D eigenvalue weighted by atomic mass is 10.1. The number of unbranched alkanes of at least 4 members (excludes halogenated alkanes) is 4. The summed E-state index contributed by atoms with van der Waals surface area (Å²) in [5.41, 5.74) is 1.83. The van der Waals surface area contributed by atoms with Crippen molar-refractivity contribution in [2.75, 3.05) is 26.2 Å². The molecule has 2 N–H and O–H groups in total. The van der Waals surface area contributed by atoms with Gasteiger partial charge in [0.2, 0.25) is 17.8 Å². The number of hydrogen-bond donors (Lipinski definition) is 2. The highest BCUT2D eigenvalue weighted by Gasteiger charge is 2.29. The number of benzene rings is 1. The quantitative estimate of drug-likeness (QED) is 0.453. The molecule has 1 aromatic rings. The fourth-order valence-electron chi connectivity index (χ4n) is 3.84. The minimum atomic E-state index is -0.977. The summed E-state index contributed by atoms with van der Waals surface area (Å²) < 4.78 is 5.83. The van der Waals surface area contributed by atoms with Gasteiger partial charge in [0.15, 0.2) is 0 Å². The maximum absolute atomic E-state index is 12.4. The summed E-state index contributed by atoms with van der Waals surface area (Å²) in [6.45, 7) is 3.77. The number of carbonyl (C=O) groups is 3. The monoisotopic (exact) mass is 444 g/mol. The van der Waals surface area contributed by atoms with E-state index in [0.717, 1.165) is 42.7 Å². The summed E-state index contributed by atoms with van der Waals surface area (Å²) in [5, 5.41) is 11.8. The summed E-state index contributed by atoms with van der Waals surface area (Å²) in [4.78, 5) is 42.8. The maximum atomic E-state index is 12.4. The standard InChI is InChI=1S/C23H32N4O5/c1-2-3-4-6-11-26(16-22(30)31)21(29)8-5-7-12-32-18-9-10-19-17(13-18)14-27-15-20(28)25-23(27)24-19/h9-10,13H,2-8,11-12,14-16H2,1H3,(H,30,31)(H,24,25,28). The van der Waals surface area contributed by atoms with Crippen LogP contribution in [0.4, 0.5) is 5.69 Å². The zero-order valence-corrected chi connectivity index (χ0v) is 18.6. The largest absolute Gasteiger partial charge is 0.494 e. The molecule has 0 unspecified atom stereocenters. The lowest BCUT2D eigenvalue weighted by molar-refractivity contribution is -0.144. The first-order chi connectivity index (χ1) is 15.5. The van der Waals surface area contributed by atoms with E-state index >= 15 is 0 Å². The van der Waals surface area contributed by atoms with Gasteiger partial charge in [0.05, 0.1) is 12.3 Å². The molecule has 1 saturated heterocycles. The van der Waals surface area contributed by atoms with Crippen LogP contribution in [0.15, 0.2) is 23.2 Å². The zero-order chi connectivity index (χ0) is 22.9. The summed E-state index contributed by atoms with van der Waals surface area (Å²) in [5.74, 6) is 0.194. The van der Waals surface area contributed by atoms with Gasteiger partial charge >= 0.3 is 5.97 Å². The Bertz CT molecular complexity index is 870. The van der Waals surface area contributed by atoms with Crippen molar-refractivity contribution in [1.82, 2.24) is 15.1 Å². The SMILES string of the molecule is CCCCCCN(CC(=O)O)C(=O)CCCCOc1ccc2c(c1)CN1CC(=O)NC1=N2. The van der Waals surface area contributed by atoms with E-state index in [0.29, 0.717) is 51.5 Å². The summed E-state index contributed by atoms with van der Waals surface area (Å²) in [6.07, 6.45) is 5.70. The molecule has 2 aliphatic rings. The van der Waals surface area contributed by atoms with Crippen LogP contribution in [-0.2, 0) is 20.9 Å². The number of hydrogen-bond acceptors (Lipinski definition) is 6. The molecule has 2 aliphatic heterocycles. The van der Waals surface area contributed by atoms with Gasteiger partial charge in [0.25, 0.3) is 0 Å². The van der Waals surface area contributed by atoms with Crippen LogP contribution in [0.25, 0.3) is 0 Å². The smallest absolute Gasteiger partial charge is 0.323 e. The highest BCUT2D eigenvalue weighted by Crippen LogP contribution is 2.30. The molecular weight excluding hydrogens is 412 g/mol. The number of amides is 2. The molecule has 1 fully saturated rings. The van der Waals surface area contributed by atoms with E-state index in [-0.39, 0.29) is 18.4 Å². The van der Waals surface area contributed by atoms with Gasteiger partial charge in [0.1, 0.15) is 18.8 Å². The molecule has 2 heterocycles. The van der Waals surface area contributed by atoms with Gasteiger partial charge in [-0.15, -0.1) is 0 Å². The van der Waals surface area contributed by atoms with Gasteiger partial charge in [-0.1, -0.05) is 26.2 Å². The summed E-state index contributed by atoms with van der Waals surface area (Å²) >= 11 is 0. The summed E-state index contributed by atoms with van der Waals surface area (Å²) in [7, 11) is 0. The number of fused-ring (bicyclic) bond motifs is 2. The number of aliphatic imine (C=N–C) groups is 1. The predicted molar refractivity (Wildman–Crippen MR) is 120 cm³/mol. The average molecular weight is 445 g/mol. The Hall–Kier alpha value is -3.10. The zero-order valence-electron chi connectivity index (χ0n) is 18.6. The molecule has 174 valence electrons. The van der Waals surface area contributed by atoms with E-state index < -0.39 is 5.97 Å². The molecule has 0 spiro atoms. The third-order valence-electron chi connectivity index (χ3n) is 5.54. The lowest BCUT2D eigenvalue weighted by Gasteiger charge is -2.23. The first kappa shape index (κ1) is 23.6. The van der Waals surface area contributed by atoms with Crippen LogP contribution in [0.1, 0.15) is 57.4 Å². The molecule has 3 rings (SSSR count). The number of carbonyl (C=O) groups excluding carboxylic acids is 2. The number of carboxylic acids is 1. The number of nitrogens with one attached hydrogen (secondary N) is 1. The van der Waals surface area contributed by atoms with Crippen molar-refractivity contribution < 1.29 is 24.2 Å². The van der Waals surface area contributed by atoms with E-state index in [9.17, 15) is 14.4 Å². The molecule has 9 nitrogen and oxygen atoms in total. The molecule has 0 saturated carbocycles. The number of ether oxygens (including phenoxy) is 1. The third-order valence-corrected chi connectivity index (χ3v) is 5.54. The second-order valence-corrected chi connectivity index (χ2v) is 8.21. The van der Waals surface area contributed by atoms with Crippen LogP contribution >= 0.6 is 0 Å². The van der Waals surface area contributed by atoms with Crippen molar-refractivity contribution in [2.45, 2.75) is 58.4 Å². The minimum Gasteiger partial charge on any atom is -0.494 e. The van der Waals surface area contributed by atoms with Crippen molar-refractivity contribution >= 4 is 29.4 Å². The Balaban J connectivity index is 1.39. The Labute approximate surface area is 188 Å². The van der Waals surface area contributed by atoms with E-state index in [1.54, 1.807) is 0 Å². The Morgan fingerprint density at radius 2 is 2.03 bits per heavy atom. The van der Waals surface area contributed by atoms with Crippen molar-refractivity contribution in [3.8, 4) is 5.75 Å². The lowest BCUT2D eigenvalue weighted by Crippen LogP contribution is -2.36. The number of guanidine groups is 1. The summed E-state index contributed by atoms with van der Waals surface area (Å²) in [6, 6.07) is 5.67. The molecule has 32 heavy (non-hydrogen) atoms. The predicted octanol–water partition coefficient (Wildman–Crippen LogP) is 2.66. The van der Waals surface area contributed by atoms with Gasteiger partial charge in [-0.25, -0.2) is 4.99 Å². The van der Waals surface area contributed by atoms with E-state index in [1.807, 2.05) is 23.1 Å². The van der Waals surface area contributed by atoms with Crippen LogP contribution in [0.3, 0.4) is 0 Å². The molecule has 2 amide bonds. The average Bonchev–Trinajstić information content (AvgIpc) is 3.12. The number of nitrogens with zero attached hydrogens (tertiary/aromatic N) is 3. The van der Waals surface area contributed by atoms with Crippen molar-refractivity contribution in [2.24, 2.45) is 4.99 Å². The Morgan fingerprint density at radius 1 is 1.19 bits per heavy atom. The molecule has 0 aromatic heterocycles. The second kappa shape index (κ2) is 11.5. The molecular formula is C23H32N4O5. The van der Waals surface area contributed by atoms with Crippen LogP contribution in [-0.4, -0.2) is 64.9 Å². The van der Waals surface area contributed by atoms with Crippen LogP contribution in [0.2, 0.25) is 0 Å². The number of carboxylic acid groups (broad SMARTS) is 1. The normalized spacial score (nSPS) is 14.3. The number of aliphatic carboxylic acids is 1. The molecule has 1 aromatic carbocycles. The first-order valence-corrected chi connectivity index (χ1v) is 11.3. The molecule has 0 bridgehead atoms. The van der Waals surface area contributed by atoms with Crippen molar-refractivity contribution in [3.05, 3.63) is 23.8 Å². The Kier molecular flexibility index (Phi) is 8.47.